The Kier molecular flexibility index (Phi) is 4.61. The largest absolute Gasteiger partial charge is 0.340 e. The molecule has 0 atom stereocenters. The Morgan fingerprint density at radius 3 is 2.24 bits per heavy atom. The first-order valence-electron chi connectivity index (χ1n) is 8.13. The summed E-state index contributed by atoms with van der Waals surface area (Å²) in [6.45, 7) is 9.25. The van der Waals surface area contributed by atoms with E-state index in [-0.39, 0.29) is 23.8 Å². The molecule has 0 bridgehead atoms. The van der Waals surface area contributed by atoms with Crippen molar-refractivity contribution in [2.45, 2.75) is 52.0 Å². The first-order valence-corrected chi connectivity index (χ1v) is 8.13. The highest BCUT2D eigenvalue weighted by Crippen LogP contribution is 2.33. The van der Waals surface area contributed by atoms with Crippen molar-refractivity contribution in [1.29, 1.82) is 0 Å². The van der Waals surface area contributed by atoms with E-state index in [1.165, 1.54) is 0 Å². The molecule has 2 aliphatic heterocycles. The molecule has 0 aromatic rings. The van der Waals surface area contributed by atoms with Gasteiger partial charge in [0, 0.05) is 6.54 Å². The summed E-state index contributed by atoms with van der Waals surface area (Å²) < 4.78 is 0. The molecule has 0 aromatic carbocycles. The molecule has 5 nitrogen and oxygen atoms in total. The second kappa shape index (κ2) is 5.95. The molecule has 5 heteroatoms. The average Bonchev–Trinajstić information content (AvgIpc) is 2.46. The van der Waals surface area contributed by atoms with Gasteiger partial charge in [-0.2, -0.15) is 0 Å². The molecule has 2 aliphatic rings. The molecule has 0 unspecified atom stereocenters. The summed E-state index contributed by atoms with van der Waals surface area (Å²) in [7, 11) is 2.14. The fourth-order valence-electron chi connectivity index (χ4n) is 3.54. The molecule has 0 aromatic heterocycles. The fourth-order valence-corrected chi connectivity index (χ4v) is 3.54. The number of carbonyl (C=O) groups is 2. The maximum Gasteiger partial charge on any atom is 0.248 e. The molecule has 2 saturated heterocycles. The predicted molar refractivity (Wildman–Crippen MR) is 82.9 cm³/mol. The summed E-state index contributed by atoms with van der Waals surface area (Å²) in [5.41, 5.74) is -0.551. The van der Waals surface area contributed by atoms with Gasteiger partial charge in [-0.15, -0.1) is 0 Å². The van der Waals surface area contributed by atoms with E-state index in [0.717, 1.165) is 25.9 Å². The number of nitrogens with zero attached hydrogens (tertiary/aromatic N) is 2. The van der Waals surface area contributed by atoms with Crippen LogP contribution in [-0.4, -0.2) is 60.4 Å². The topological polar surface area (TPSA) is 52.7 Å². The normalized spacial score (nSPS) is 25.8. The number of carbonyl (C=O) groups excluding carboxylic acids is 2. The minimum absolute atomic E-state index is 0.0187. The predicted octanol–water partition coefficient (Wildman–Crippen LogP) is 1.24. The Bertz CT molecular complexity index is 410. The number of amides is 2. The number of nitrogens with one attached hydrogen (secondary N) is 1. The van der Waals surface area contributed by atoms with Crippen LogP contribution in [-0.2, 0) is 9.59 Å². The molecule has 2 amide bonds. The Balaban J connectivity index is 2.11. The number of likely N-dealkylation sites (tertiary alicyclic amines) is 1. The SMILES string of the molecule is CCC1(CC)NC(=O)CN(CC2(C)CCN(C)CC2)C1=O. The van der Waals surface area contributed by atoms with Crippen molar-refractivity contribution in [2.24, 2.45) is 5.41 Å². The third-order valence-corrected chi connectivity index (χ3v) is 5.38. The fraction of sp³-hybridized carbons (Fsp3) is 0.875. The molecule has 120 valence electrons. The Hall–Kier alpha value is -1.10. The van der Waals surface area contributed by atoms with Crippen molar-refractivity contribution in [1.82, 2.24) is 15.1 Å². The standard InChI is InChI=1S/C16H29N3O2/c1-5-16(6-2)14(21)19(11-13(20)17-16)12-15(3)7-9-18(4)10-8-15/h5-12H2,1-4H3,(H,17,20). The zero-order valence-electron chi connectivity index (χ0n) is 13.9. The van der Waals surface area contributed by atoms with E-state index in [1.54, 1.807) is 4.90 Å². The molecule has 1 N–H and O–H groups in total. The number of piperazine rings is 1. The second-order valence-corrected chi connectivity index (χ2v) is 7.11. The number of piperidine rings is 1. The van der Waals surface area contributed by atoms with Gasteiger partial charge in [-0.3, -0.25) is 9.59 Å². The highest BCUT2D eigenvalue weighted by molar-refractivity contribution is 5.97. The molecule has 21 heavy (non-hydrogen) atoms. The van der Waals surface area contributed by atoms with E-state index in [0.29, 0.717) is 19.4 Å². The van der Waals surface area contributed by atoms with E-state index in [9.17, 15) is 9.59 Å². The molecule has 0 spiro atoms. The third-order valence-electron chi connectivity index (χ3n) is 5.38. The van der Waals surface area contributed by atoms with Crippen LogP contribution in [0.4, 0.5) is 0 Å². The van der Waals surface area contributed by atoms with Crippen LogP contribution < -0.4 is 5.32 Å². The van der Waals surface area contributed by atoms with E-state index >= 15 is 0 Å². The lowest BCUT2D eigenvalue weighted by atomic mass is 9.79. The summed E-state index contributed by atoms with van der Waals surface area (Å²) in [5, 5.41) is 2.93. The van der Waals surface area contributed by atoms with Crippen LogP contribution in [0.1, 0.15) is 46.5 Å². The Morgan fingerprint density at radius 1 is 1.14 bits per heavy atom. The van der Waals surface area contributed by atoms with Crippen molar-refractivity contribution < 1.29 is 9.59 Å². The maximum atomic E-state index is 12.8. The quantitative estimate of drug-likeness (QED) is 0.849. The van der Waals surface area contributed by atoms with Crippen molar-refractivity contribution in [3.63, 3.8) is 0 Å². The maximum absolute atomic E-state index is 12.8. The zero-order chi connectivity index (χ0) is 15.7. The average molecular weight is 295 g/mol. The van der Waals surface area contributed by atoms with Gasteiger partial charge >= 0.3 is 0 Å². The van der Waals surface area contributed by atoms with Crippen molar-refractivity contribution in [3.05, 3.63) is 0 Å². The lowest BCUT2D eigenvalue weighted by molar-refractivity contribution is -0.152. The van der Waals surface area contributed by atoms with Gasteiger partial charge in [-0.05, 0) is 51.2 Å². The van der Waals surface area contributed by atoms with Crippen LogP contribution in [0.15, 0.2) is 0 Å². The number of hydrogen-bond acceptors (Lipinski definition) is 3. The molecule has 2 rings (SSSR count). The van der Waals surface area contributed by atoms with E-state index < -0.39 is 5.54 Å². The monoisotopic (exact) mass is 295 g/mol. The van der Waals surface area contributed by atoms with Crippen LogP contribution in [0.25, 0.3) is 0 Å². The molecule has 2 heterocycles. The van der Waals surface area contributed by atoms with E-state index in [1.807, 2.05) is 13.8 Å². The molecule has 0 saturated carbocycles. The lowest BCUT2D eigenvalue weighted by Gasteiger charge is -2.46. The highest BCUT2D eigenvalue weighted by atomic mass is 16.2. The van der Waals surface area contributed by atoms with Crippen LogP contribution in [0, 0.1) is 5.41 Å². The molecule has 2 fully saturated rings. The van der Waals surface area contributed by atoms with Crippen molar-refractivity contribution in [3.8, 4) is 0 Å². The lowest BCUT2D eigenvalue weighted by Crippen LogP contribution is -2.67. The van der Waals surface area contributed by atoms with Gasteiger partial charge in [0.1, 0.15) is 5.54 Å². The van der Waals surface area contributed by atoms with Gasteiger partial charge < -0.3 is 15.1 Å². The summed E-state index contributed by atoms with van der Waals surface area (Å²) in [5.74, 6) is 0.0853. The van der Waals surface area contributed by atoms with Gasteiger partial charge in [0.2, 0.25) is 11.8 Å². The molecular weight excluding hydrogens is 266 g/mol. The Labute approximate surface area is 128 Å². The van der Waals surface area contributed by atoms with Crippen LogP contribution in [0.2, 0.25) is 0 Å². The van der Waals surface area contributed by atoms with Gasteiger partial charge in [0.05, 0.1) is 6.54 Å². The summed E-state index contributed by atoms with van der Waals surface area (Å²) >= 11 is 0. The minimum atomic E-state index is -0.683. The van der Waals surface area contributed by atoms with Crippen molar-refractivity contribution in [2.75, 3.05) is 33.2 Å². The third kappa shape index (κ3) is 3.23. The van der Waals surface area contributed by atoms with Gasteiger partial charge in [-0.1, -0.05) is 20.8 Å². The van der Waals surface area contributed by atoms with Gasteiger partial charge in [0.25, 0.3) is 0 Å². The van der Waals surface area contributed by atoms with Crippen LogP contribution >= 0.6 is 0 Å². The highest BCUT2D eigenvalue weighted by Gasteiger charge is 2.45. The van der Waals surface area contributed by atoms with E-state index in [2.05, 4.69) is 24.2 Å². The molecule has 0 radical (unpaired) electrons. The molecule has 0 aliphatic carbocycles. The first kappa shape index (κ1) is 16.3. The summed E-state index contributed by atoms with van der Waals surface area (Å²) in [4.78, 5) is 29.0. The molecular formula is C16H29N3O2. The van der Waals surface area contributed by atoms with Gasteiger partial charge in [0.15, 0.2) is 0 Å². The summed E-state index contributed by atoms with van der Waals surface area (Å²) in [6.07, 6.45) is 3.48. The van der Waals surface area contributed by atoms with Gasteiger partial charge in [-0.25, -0.2) is 0 Å². The summed E-state index contributed by atoms with van der Waals surface area (Å²) in [6, 6.07) is 0. The van der Waals surface area contributed by atoms with Crippen LogP contribution in [0.3, 0.4) is 0 Å². The number of hydrogen-bond donors (Lipinski definition) is 1. The first-order chi connectivity index (χ1) is 9.84. The minimum Gasteiger partial charge on any atom is -0.340 e. The Morgan fingerprint density at radius 2 is 1.71 bits per heavy atom. The van der Waals surface area contributed by atoms with Crippen molar-refractivity contribution >= 4 is 11.8 Å². The second-order valence-electron chi connectivity index (χ2n) is 7.11. The van der Waals surface area contributed by atoms with E-state index in [4.69, 9.17) is 0 Å². The zero-order valence-corrected chi connectivity index (χ0v) is 13.9. The van der Waals surface area contributed by atoms with Crippen LogP contribution in [0.5, 0.6) is 0 Å². The number of rotatable bonds is 4. The smallest absolute Gasteiger partial charge is 0.248 e.